The van der Waals surface area contributed by atoms with Crippen molar-refractivity contribution in [1.29, 1.82) is 0 Å². The van der Waals surface area contributed by atoms with Crippen LogP contribution in [0.25, 0.3) is 0 Å². The van der Waals surface area contributed by atoms with E-state index in [1.807, 2.05) is 6.92 Å². The quantitative estimate of drug-likeness (QED) is 0.333. The van der Waals surface area contributed by atoms with Gasteiger partial charge in [-0.25, -0.2) is 0 Å². The van der Waals surface area contributed by atoms with Gasteiger partial charge in [0.2, 0.25) is 0 Å². The SMILES string of the molecule is CC1CO1.CCCCCCCCCC(C)(OC)OC. The number of unbranched alkanes of at least 4 members (excludes halogenated alkanes) is 6. The fourth-order valence-corrected chi connectivity index (χ4v) is 1.79. The van der Waals surface area contributed by atoms with Gasteiger partial charge in [0.15, 0.2) is 5.79 Å². The Morgan fingerprint density at radius 2 is 1.42 bits per heavy atom. The van der Waals surface area contributed by atoms with E-state index in [1.165, 1.54) is 44.9 Å². The van der Waals surface area contributed by atoms with Gasteiger partial charge in [0.1, 0.15) is 0 Å². The highest BCUT2D eigenvalue weighted by atomic mass is 16.7. The van der Waals surface area contributed by atoms with Crippen molar-refractivity contribution in [2.75, 3.05) is 20.8 Å². The summed E-state index contributed by atoms with van der Waals surface area (Å²) in [6, 6.07) is 0. The van der Waals surface area contributed by atoms with E-state index in [4.69, 9.17) is 14.2 Å². The first-order chi connectivity index (χ1) is 9.08. The second-order valence-corrected chi connectivity index (χ2v) is 5.56. The van der Waals surface area contributed by atoms with Gasteiger partial charge in [0, 0.05) is 20.6 Å². The molecule has 3 nitrogen and oxygen atoms in total. The van der Waals surface area contributed by atoms with Crippen LogP contribution in [-0.2, 0) is 14.2 Å². The van der Waals surface area contributed by atoms with Gasteiger partial charge >= 0.3 is 0 Å². The molecule has 1 aliphatic rings. The maximum atomic E-state index is 5.31. The molecule has 0 N–H and O–H groups in total. The normalized spacial score (nSPS) is 17.8. The van der Waals surface area contributed by atoms with E-state index in [1.54, 1.807) is 14.2 Å². The van der Waals surface area contributed by atoms with Crippen LogP contribution in [0.2, 0.25) is 0 Å². The number of hydrogen-bond donors (Lipinski definition) is 0. The molecule has 0 spiro atoms. The van der Waals surface area contributed by atoms with Crippen molar-refractivity contribution >= 4 is 0 Å². The van der Waals surface area contributed by atoms with Gasteiger partial charge < -0.3 is 14.2 Å². The Balaban J connectivity index is 0.000000678. The molecule has 1 fully saturated rings. The number of ether oxygens (including phenoxy) is 3. The van der Waals surface area contributed by atoms with Crippen LogP contribution in [0, 0.1) is 0 Å². The van der Waals surface area contributed by atoms with Crippen molar-refractivity contribution in [3.63, 3.8) is 0 Å². The molecule has 1 aliphatic heterocycles. The van der Waals surface area contributed by atoms with Crippen LogP contribution in [0.15, 0.2) is 0 Å². The Labute approximate surface area is 120 Å². The molecule has 0 saturated carbocycles. The zero-order chi connectivity index (χ0) is 14.6. The average Bonchev–Trinajstić information content (AvgIpc) is 3.20. The van der Waals surface area contributed by atoms with E-state index < -0.39 is 0 Å². The molecule has 3 heteroatoms. The predicted molar refractivity (Wildman–Crippen MR) is 80.4 cm³/mol. The van der Waals surface area contributed by atoms with Crippen LogP contribution in [0.1, 0.15) is 72.1 Å². The summed E-state index contributed by atoms with van der Waals surface area (Å²) in [5, 5.41) is 0. The highest BCUT2D eigenvalue weighted by Gasteiger charge is 2.21. The number of epoxide rings is 1. The van der Waals surface area contributed by atoms with Gasteiger partial charge in [0.25, 0.3) is 0 Å². The minimum Gasteiger partial charge on any atom is -0.373 e. The molecule has 0 aromatic rings. The van der Waals surface area contributed by atoms with E-state index in [-0.39, 0.29) is 5.79 Å². The van der Waals surface area contributed by atoms with Gasteiger partial charge in [-0.1, -0.05) is 45.4 Å². The average molecular weight is 274 g/mol. The first-order valence-electron chi connectivity index (χ1n) is 7.80. The monoisotopic (exact) mass is 274 g/mol. The Morgan fingerprint density at radius 1 is 1.00 bits per heavy atom. The maximum absolute atomic E-state index is 5.31. The summed E-state index contributed by atoms with van der Waals surface area (Å²) in [5.41, 5.74) is 0. The molecule has 0 aromatic heterocycles. The topological polar surface area (TPSA) is 31.0 Å². The molecule has 1 atom stereocenters. The van der Waals surface area contributed by atoms with Gasteiger partial charge in [-0.15, -0.1) is 0 Å². The van der Waals surface area contributed by atoms with Crippen LogP contribution in [0.4, 0.5) is 0 Å². The number of rotatable bonds is 10. The zero-order valence-electron chi connectivity index (χ0n) is 13.7. The number of hydrogen-bond acceptors (Lipinski definition) is 3. The fourth-order valence-electron chi connectivity index (χ4n) is 1.79. The molecule has 1 unspecified atom stereocenters. The molecule has 0 amide bonds. The van der Waals surface area contributed by atoms with Crippen molar-refractivity contribution in [2.45, 2.75) is 84.0 Å². The van der Waals surface area contributed by atoms with E-state index in [0.717, 1.165) is 13.0 Å². The van der Waals surface area contributed by atoms with Crippen molar-refractivity contribution in [1.82, 2.24) is 0 Å². The summed E-state index contributed by atoms with van der Waals surface area (Å²) in [4.78, 5) is 0. The van der Waals surface area contributed by atoms with Crippen LogP contribution in [0.5, 0.6) is 0 Å². The van der Waals surface area contributed by atoms with E-state index in [2.05, 4.69) is 13.8 Å². The molecule has 19 heavy (non-hydrogen) atoms. The fraction of sp³-hybridized carbons (Fsp3) is 1.00. The molecular formula is C16H34O3. The van der Waals surface area contributed by atoms with Crippen molar-refractivity contribution < 1.29 is 14.2 Å². The summed E-state index contributed by atoms with van der Waals surface area (Å²) < 4.78 is 15.3. The third kappa shape index (κ3) is 12.6. The molecular weight excluding hydrogens is 240 g/mol. The van der Waals surface area contributed by atoms with Crippen LogP contribution < -0.4 is 0 Å². The Hall–Kier alpha value is -0.120. The van der Waals surface area contributed by atoms with Crippen molar-refractivity contribution in [2.24, 2.45) is 0 Å². The Bertz CT molecular complexity index is 186. The predicted octanol–water partition coefficient (Wildman–Crippen LogP) is 4.54. The van der Waals surface area contributed by atoms with Crippen molar-refractivity contribution in [3.8, 4) is 0 Å². The first kappa shape index (κ1) is 18.9. The summed E-state index contributed by atoms with van der Waals surface area (Å²) in [5.74, 6) is -0.372. The second kappa shape index (κ2) is 11.7. The van der Waals surface area contributed by atoms with Gasteiger partial charge in [-0.05, 0) is 20.3 Å². The van der Waals surface area contributed by atoms with E-state index in [0.29, 0.717) is 6.10 Å². The van der Waals surface area contributed by atoms with Crippen molar-refractivity contribution in [3.05, 3.63) is 0 Å². The van der Waals surface area contributed by atoms with Crippen LogP contribution >= 0.6 is 0 Å². The van der Waals surface area contributed by atoms with Crippen LogP contribution in [0.3, 0.4) is 0 Å². The molecule has 1 heterocycles. The summed E-state index contributed by atoms with van der Waals surface area (Å²) >= 11 is 0. The highest BCUT2D eigenvalue weighted by molar-refractivity contribution is 4.61. The van der Waals surface area contributed by atoms with Gasteiger partial charge in [-0.2, -0.15) is 0 Å². The molecule has 0 radical (unpaired) electrons. The largest absolute Gasteiger partial charge is 0.373 e. The summed E-state index contributed by atoms with van der Waals surface area (Å²) in [7, 11) is 3.43. The first-order valence-corrected chi connectivity index (χ1v) is 7.80. The lowest BCUT2D eigenvalue weighted by Crippen LogP contribution is -2.29. The lowest BCUT2D eigenvalue weighted by molar-refractivity contribution is -0.197. The van der Waals surface area contributed by atoms with Gasteiger partial charge in [0.05, 0.1) is 12.7 Å². The summed E-state index contributed by atoms with van der Waals surface area (Å²) in [6.07, 6.45) is 10.9. The molecule has 1 saturated heterocycles. The second-order valence-electron chi connectivity index (χ2n) is 5.56. The minimum absolute atomic E-state index is 0.372. The minimum atomic E-state index is -0.372. The third-order valence-electron chi connectivity index (χ3n) is 3.60. The Morgan fingerprint density at radius 3 is 1.79 bits per heavy atom. The molecule has 0 aromatic carbocycles. The highest BCUT2D eigenvalue weighted by Crippen LogP contribution is 2.19. The summed E-state index contributed by atoms with van der Waals surface area (Å²) in [6.45, 7) is 7.30. The molecule has 0 bridgehead atoms. The zero-order valence-corrected chi connectivity index (χ0v) is 13.7. The molecule has 1 rings (SSSR count). The lowest BCUT2D eigenvalue weighted by Gasteiger charge is -2.26. The third-order valence-corrected chi connectivity index (χ3v) is 3.60. The Kier molecular flexibility index (Phi) is 11.6. The standard InChI is InChI=1S/C13H28O2.C3H6O/c1-5-6-7-8-9-10-11-12-13(2,14-3)15-4;1-3-2-4-3/h5-12H2,1-4H3;3H,2H2,1H3. The van der Waals surface area contributed by atoms with E-state index >= 15 is 0 Å². The number of methoxy groups -OCH3 is 2. The smallest absolute Gasteiger partial charge is 0.164 e. The van der Waals surface area contributed by atoms with Crippen LogP contribution in [-0.4, -0.2) is 32.7 Å². The lowest BCUT2D eigenvalue weighted by atomic mass is 10.1. The van der Waals surface area contributed by atoms with E-state index in [9.17, 15) is 0 Å². The van der Waals surface area contributed by atoms with Gasteiger partial charge in [-0.3, -0.25) is 0 Å². The molecule has 116 valence electrons. The maximum Gasteiger partial charge on any atom is 0.164 e. The molecule has 0 aliphatic carbocycles.